The van der Waals surface area contributed by atoms with Crippen LogP contribution >= 0.6 is 24.0 Å². The van der Waals surface area contributed by atoms with Gasteiger partial charge in [0.05, 0.1) is 12.6 Å². The second kappa shape index (κ2) is 13.5. The number of halogens is 1. The first-order valence-corrected chi connectivity index (χ1v) is 10.4. The minimum Gasteiger partial charge on any atom is -0.378 e. The Bertz CT molecular complexity index is 716. The van der Waals surface area contributed by atoms with Crippen LogP contribution in [0.2, 0.25) is 0 Å². The predicted octanol–water partition coefficient (Wildman–Crippen LogP) is 3.68. The molecule has 2 aromatic rings. The Kier molecular flexibility index (Phi) is 11.0. The molecule has 0 bridgehead atoms. The molecule has 1 saturated carbocycles. The van der Waals surface area contributed by atoms with Gasteiger partial charge in [-0.05, 0) is 49.9 Å². The molecule has 1 aliphatic rings. The fourth-order valence-electron chi connectivity index (χ4n) is 3.36. The van der Waals surface area contributed by atoms with Gasteiger partial charge in [-0.25, -0.2) is 14.7 Å². The van der Waals surface area contributed by atoms with Crippen LogP contribution in [0.5, 0.6) is 0 Å². The van der Waals surface area contributed by atoms with Gasteiger partial charge in [-0.2, -0.15) is 5.10 Å². The van der Waals surface area contributed by atoms with E-state index in [-0.39, 0.29) is 24.0 Å². The average Bonchev–Trinajstić information content (AvgIpc) is 3.28. The zero-order valence-corrected chi connectivity index (χ0v) is 19.5. The number of hydrogen-bond acceptors (Lipinski definition) is 4. The minimum absolute atomic E-state index is 0. The molecule has 1 fully saturated rings. The standard InChI is InChI=1S/C21H32N6O.HI/c1-2-22-21(24-11-7-15-28-19-8-4-3-5-9-19)25-17-18-10-13-23-20(16-18)27-14-6-12-26-27;/h6,10,12-14,16,19H,2-5,7-9,11,15,17H2,1H3,(H2,22,24,25);1H. The molecule has 0 atom stereocenters. The van der Waals surface area contributed by atoms with E-state index in [1.54, 1.807) is 17.1 Å². The molecule has 0 unspecified atom stereocenters. The maximum Gasteiger partial charge on any atom is 0.191 e. The molecule has 0 amide bonds. The van der Waals surface area contributed by atoms with Crippen molar-refractivity contribution in [3.05, 3.63) is 42.4 Å². The number of aromatic nitrogens is 3. The molecule has 1 aliphatic carbocycles. The van der Waals surface area contributed by atoms with Gasteiger partial charge in [-0.15, -0.1) is 24.0 Å². The van der Waals surface area contributed by atoms with Crippen LogP contribution in [0.3, 0.4) is 0 Å². The lowest BCUT2D eigenvalue weighted by molar-refractivity contribution is 0.0277. The summed E-state index contributed by atoms with van der Waals surface area (Å²) in [4.78, 5) is 9.05. The van der Waals surface area contributed by atoms with Crippen molar-refractivity contribution in [3.8, 4) is 5.82 Å². The number of guanidine groups is 1. The zero-order chi connectivity index (χ0) is 19.4. The van der Waals surface area contributed by atoms with Gasteiger partial charge < -0.3 is 15.4 Å². The van der Waals surface area contributed by atoms with E-state index in [9.17, 15) is 0 Å². The van der Waals surface area contributed by atoms with Crippen molar-refractivity contribution in [1.29, 1.82) is 0 Å². The van der Waals surface area contributed by atoms with Gasteiger partial charge >= 0.3 is 0 Å². The third-order valence-electron chi connectivity index (χ3n) is 4.83. The van der Waals surface area contributed by atoms with E-state index in [0.717, 1.165) is 43.5 Å². The van der Waals surface area contributed by atoms with Gasteiger partial charge in [0.1, 0.15) is 0 Å². The highest BCUT2D eigenvalue weighted by Gasteiger charge is 2.13. The number of nitrogens with one attached hydrogen (secondary N) is 2. The van der Waals surface area contributed by atoms with Crippen molar-refractivity contribution in [2.24, 2.45) is 4.99 Å². The first kappa shape index (κ1) is 23.6. The highest BCUT2D eigenvalue weighted by Crippen LogP contribution is 2.20. The van der Waals surface area contributed by atoms with Crippen LogP contribution in [0, 0.1) is 0 Å². The number of ether oxygens (including phenoxy) is 1. The van der Waals surface area contributed by atoms with Crippen LogP contribution in [0.1, 0.15) is 51.0 Å². The van der Waals surface area contributed by atoms with Crippen molar-refractivity contribution in [2.75, 3.05) is 19.7 Å². The summed E-state index contributed by atoms with van der Waals surface area (Å²) >= 11 is 0. The molecule has 8 heteroatoms. The number of rotatable bonds is 9. The zero-order valence-electron chi connectivity index (χ0n) is 17.2. The number of pyridine rings is 1. The maximum absolute atomic E-state index is 5.99. The molecule has 2 heterocycles. The van der Waals surface area contributed by atoms with E-state index in [1.165, 1.54) is 32.1 Å². The van der Waals surface area contributed by atoms with Crippen LogP contribution in [-0.2, 0) is 11.3 Å². The highest BCUT2D eigenvalue weighted by molar-refractivity contribution is 14.0. The Hall–Kier alpha value is -1.68. The van der Waals surface area contributed by atoms with Crippen LogP contribution in [0.15, 0.2) is 41.8 Å². The van der Waals surface area contributed by atoms with Crippen LogP contribution < -0.4 is 10.6 Å². The molecule has 0 radical (unpaired) electrons. The summed E-state index contributed by atoms with van der Waals surface area (Å²) in [6.45, 7) is 5.16. The molecule has 160 valence electrons. The van der Waals surface area contributed by atoms with E-state index in [1.807, 2.05) is 24.4 Å². The summed E-state index contributed by atoms with van der Waals surface area (Å²) in [5.74, 6) is 1.63. The normalized spacial score (nSPS) is 15.0. The van der Waals surface area contributed by atoms with Gasteiger partial charge in [0.15, 0.2) is 11.8 Å². The van der Waals surface area contributed by atoms with Gasteiger partial charge in [-0.3, -0.25) is 0 Å². The van der Waals surface area contributed by atoms with E-state index in [2.05, 4.69) is 32.6 Å². The molecule has 0 aromatic carbocycles. The summed E-state index contributed by atoms with van der Waals surface area (Å²) in [6, 6.07) is 5.88. The SMILES string of the molecule is CCNC(=NCc1ccnc(-n2cccn2)c1)NCCCOC1CCCCC1.I. The quantitative estimate of drug-likeness (QED) is 0.232. The second-order valence-electron chi connectivity index (χ2n) is 7.08. The number of nitrogens with zero attached hydrogens (tertiary/aromatic N) is 4. The van der Waals surface area contributed by atoms with E-state index in [4.69, 9.17) is 4.74 Å². The number of hydrogen-bond donors (Lipinski definition) is 2. The van der Waals surface area contributed by atoms with Crippen LogP contribution in [0.25, 0.3) is 5.82 Å². The predicted molar refractivity (Wildman–Crippen MR) is 127 cm³/mol. The first-order valence-electron chi connectivity index (χ1n) is 10.4. The molecular weight excluding hydrogens is 479 g/mol. The number of aliphatic imine (C=N–C) groups is 1. The van der Waals surface area contributed by atoms with Crippen molar-refractivity contribution in [3.63, 3.8) is 0 Å². The Morgan fingerprint density at radius 3 is 2.86 bits per heavy atom. The molecule has 0 saturated heterocycles. The molecule has 2 N–H and O–H groups in total. The fraction of sp³-hybridized carbons (Fsp3) is 0.571. The van der Waals surface area contributed by atoms with Crippen LogP contribution in [-0.4, -0.2) is 46.5 Å². The molecule has 0 aliphatic heterocycles. The third kappa shape index (κ3) is 8.30. The molecule has 2 aromatic heterocycles. The van der Waals surface area contributed by atoms with Crippen molar-refractivity contribution in [2.45, 2.75) is 58.1 Å². The van der Waals surface area contributed by atoms with E-state index in [0.29, 0.717) is 12.6 Å². The van der Waals surface area contributed by atoms with Crippen LogP contribution in [0.4, 0.5) is 0 Å². The van der Waals surface area contributed by atoms with Crippen molar-refractivity contribution < 1.29 is 4.74 Å². The Morgan fingerprint density at radius 2 is 2.10 bits per heavy atom. The monoisotopic (exact) mass is 512 g/mol. The lowest BCUT2D eigenvalue weighted by Crippen LogP contribution is -2.38. The Balaban J connectivity index is 0.00000300. The van der Waals surface area contributed by atoms with Gasteiger partial charge in [0.25, 0.3) is 0 Å². The summed E-state index contributed by atoms with van der Waals surface area (Å²) in [5.41, 5.74) is 1.10. The first-order chi connectivity index (χ1) is 13.8. The lowest BCUT2D eigenvalue weighted by Gasteiger charge is -2.22. The molecule has 3 rings (SSSR count). The fourth-order valence-corrected chi connectivity index (χ4v) is 3.36. The summed E-state index contributed by atoms with van der Waals surface area (Å²) in [7, 11) is 0. The molecular formula is C21H33IN6O. The summed E-state index contributed by atoms with van der Waals surface area (Å²) < 4.78 is 7.74. The summed E-state index contributed by atoms with van der Waals surface area (Å²) in [6.07, 6.45) is 13.3. The van der Waals surface area contributed by atoms with Gasteiger partial charge in [0, 0.05) is 38.3 Å². The van der Waals surface area contributed by atoms with Crippen molar-refractivity contribution >= 4 is 29.9 Å². The van der Waals surface area contributed by atoms with Gasteiger partial charge in [0.2, 0.25) is 0 Å². The largest absolute Gasteiger partial charge is 0.378 e. The minimum atomic E-state index is 0. The highest BCUT2D eigenvalue weighted by atomic mass is 127. The topological polar surface area (TPSA) is 76.4 Å². The van der Waals surface area contributed by atoms with Gasteiger partial charge in [-0.1, -0.05) is 19.3 Å². The maximum atomic E-state index is 5.99. The average molecular weight is 512 g/mol. The smallest absolute Gasteiger partial charge is 0.191 e. The third-order valence-corrected chi connectivity index (χ3v) is 4.83. The van der Waals surface area contributed by atoms with E-state index < -0.39 is 0 Å². The second-order valence-corrected chi connectivity index (χ2v) is 7.08. The molecule has 7 nitrogen and oxygen atoms in total. The van der Waals surface area contributed by atoms with E-state index >= 15 is 0 Å². The summed E-state index contributed by atoms with van der Waals surface area (Å²) in [5, 5.41) is 10.9. The molecule has 0 spiro atoms. The Morgan fingerprint density at radius 1 is 1.24 bits per heavy atom. The Labute approximate surface area is 190 Å². The molecule has 29 heavy (non-hydrogen) atoms. The van der Waals surface area contributed by atoms with Crippen molar-refractivity contribution in [1.82, 2.24) is 25.4 Å². The lowest BCUT2D eigenvalue weighted by atomic mass is 9.98.